The summed E-state index contributed by atoms with van der Waals surface area (Å²) in [5.41, 5.74) is 6.55. The number of nitrogens with one attached hydrogen (secondary N) is 1. The molecular formula is C16H26N4O. The Bertz CT molecular complexity index is 469. The third kappa shape index (κ3) is 4.00. The van der Waals surface area contributed by atoms with Gasteiger partial charge in [-0.25, -0.2) is 0 Å². The number of likely N-dealkylation sites (tertiary alicyclic amines) is 1. The molecule has 2 fully saturated rings. The number of pyridine rings is 1. The van der Waals surface area contributed by atoms with E-state index >= 15 is 0 Å². The maximum absolute atomic E-state index is 5.93. The molecule has 3 N–H and O–H groups in total. The molecule has 2 aliphatic rings. The van der Waals surface area contributed by atoms with E-state index in [1.54, 1.807) is 0 Å². The zero-order valence-corrected chi connectivity index (χ0v) is 12.8. The number of anilines is 2. The highest BCUT2D eigenvalue weighted by atomic mass is 16.5. The van der Waals surface area contributed by atoms with Gasteiger partial charge in [0.2, 0.25) is 5.88 Å². The molecule has 116 valence electrons. The van der Waals surface area contributed by atoms with E-state index in [9.17, 15) is 0 Å². The molecule has 5 heteroatoms. The van der Waals surface area contributed by atoms with Crippen molar-refractivity contribution in [1.29, 1.82) is 0 Å². The normalized spacial score (nSPS) is 20.4. The molecule has 5 nitrogen and oxygen atoms in total. The van der Waals surface area contributed by atoms with Gasteiger partial charge in [0, 0.05) is 12.6 Å². The third-order valence-corrected chi connectivity index (χ3v) is 4.38. The van der Waals surface area contributed by atoms with Gasteiger partial charge in [-0.15, -0.1) is 0 Å². The van der Waals surface area contributed by atoms with E-state index in [4.69, 9.17) is 10.5 Å². The minimum atomic E-state index is 0.530. The summed E-state index contributed by atoms with van der Waals surface area (Å²) in [7, 11) is 0. The predicted molar refractivity (Wildman–Crippen MR) is 85.6 cm³/mol. The zero-order chi connectivity index (χ0) is 14.7. The molecule has 0 spiro atoms. The Morgan fingerprint density at radius 1 is 1.38 bits per heavy atom. The molecule has 0 aromatic carbocycles. The minimum absolute atomic E-state index is 0.530. The van der Waals surface area contributed by atoms with Gasteiger partial charge in [0.25, 0.3) is 0 Å². The largest absolute Gasteiger partial charge is 0.476 e. The van der Waals surface area contributed by atoms with Gasteiger partial charge in [0.1, 0.15) is 5.82 Å². The Kier molecular flexibility index (Phi) is 4.48. The van der Waals surface area contributed by atoms with Crippen LogP contribution >= 0.6 is 0 Å². The van der Waals surface area contributed by atoms with Gasteiger partial charge >= 0.3 is 0 Å². The number of aromatic nitrogens is 1. The van der Waals surface area contributed by atoms with Crippen LogP contribution in [0, 0.1) is 5.92 Å². The second-order valence-corrected chi connectivity index (χ2v) is 6.32. The molecular weight excluding hydrogens is 264 g/mol. The van der Waals surface area contributed by atoms with Gasteiger partial charge in [-0.1, -0.05) is 0 Å². The lowest BCUT2D eigenvalue weighted by Crippen LogP contribution is -2.35. The average molecular weight is 290 g/mol. The van der Waals surface area contributed by atoms with Crippen LogP contribution in [-0.4, -0.2) is 42.2 Å². The van der Waals surface area contributed by atoms with E-state index in [0.29, 0.717) is 23.5 Å². The lowest BCUT2D eigenvalue weighted by atomic mass is 10.3. The summed E-state index contributed by atoms with van der Waals surface area (Å²) in [5, 5.41) is 3.40. The van der Waals surface area contributed by atoms with E-state index in [2.05, 4.69) is 22.1 Å². The molecule has 1 aromatic heterocycles. The van der Waals surface area contributed by atoms with Crippen molar-refractivity contribution in [3.8, 4) is 5.88 Å². The fourth-order valence-corrected chi connectivity index (χ4v) is 2.71. The monoisotopic (exact) mass is 290 g/mol. The second-order valence-electron chi connectivity index (χ2n) is 6.32. The average Bonchev–Trinajstić information content (AvgIpc) is 3.16. The first-order valence-electron chi connectivity index (χ1n) is 8.09. The van der Waals surface area contributed by atoms with Crippen molar-refractivity contribution in [3.05, 3.63) is 12.1 Å². The van der Waals surface area contributed by atoms with Crippen LogP contribution in [0.25, 0.3) is 0 Å². The quantitative estimate of drug-likeness (QED) is 0.807. The summed E-state index contributed by atoms with van der Waals surface area (Å²) < 4.78 is 5.72. The minimum Gasteiger partial charge on any atom is -0.476 e. The Hall–Kier alpha value is -1.49. The van der Waals surface area contributed by atoms with Crippen LogP contribution in [0.3, 0.4) is 0 Å². The SMILES string of the molecule is CC(CNc1ccc(N)c(OCC2CC2)n1)N1CCCC1. The molecule has 2 heterocycles. The van der Waals surface area contributed by atoms with Crippen molar-refractivity contribution < 1.29 is 4.74 Å². The van der Waals surface area contributed by atoms with Gasteiger partial charge in [-0.2, -0.15) is 4.98 Å². The predicted octanol–water partition coefficient (Wildman–Crippen LogP) is 2.35. The molecule has 21 heavy (non-hydrogen) atoms. The molecule has 1 atom stereocenters. The molecule has 1 unspecified atom stereocenters. The summed E-state index contributed by atoms with van der Waals surface area (Å²) in [4.78, 5) is 7.02. The van der Waals surface area contributed by atoms with Gasteiger partial charge in [0.05, 0.1) is 12.3 Å². The summed E-state index contributed by atoms with van der Waals surface area (Å²) in [6, 6.07) is 4.33. The van der Waals surface area contributed by atoms with Crippen molar-refractivity contribution in [2.75, 3.05) is 37.3 Å². The second kappa shape index (κ2) is 6.52. The number of ether oxygens (including phenoxy) is 1. The first-order valence-corrected chi connectivity index (χ1v) is 8.09. The van der Waals surface area contributed by atoms with Crippen LogP contribution in [0.2, 0.25) is 0 Å². The van der Waals surface area contributed by atoms with Crippen molar-refractivity contribution in [2.24, 2.45) is 5.92 Å². The molecule has 0 radical (unpaired) electrons. The molecule has 0 bridgehead atoms. The maximum Gasteiger partial charge on any atom is 0.239 e. The van der Waals surface area contributed by atoms with Gasteiger partial charge in [0.15, 0.2) is 0 Å². The highest BCUT2D eigenvalue weighted by molar-refractivity contribution is 5.53. The van der Waals surface area contributed by atoms with Crippen LogP contribution < -0.4 is 15.8 Å². The summed E-state index contributed by atoms with van der Waals surface area (Å²) in [6.45, 7) is 6.34. The Labute approximate surface area is 126 Å². The van der Waals surface area contributed by atoms with Crippen LogP contribution in [0.4, 0.5) is 11.5 Å². The molecule has 3 rings (SSSR count). The van der Waals surface area contributed by atoms with Crippen molar-refractivity contribution in [2.45, 2.75) is 38.6 Å². The zero-order valence-electron chi connectivity index (χ0n) is 12.8. The highest BCUT2D eigenvalue weighted by Crippen LogP contribution is 2.30. The van der Waals surface area contributed by atoms with Crippen LogP contribution in [0.5, 0.6) is 5.88 Å². The van der Waals surface area contributed by atoms with Crippen LogP contribution in [0.15, 0.2) is 12.1 Å². The van der Waals surface area contributed by atoms with Gasteiger partial charge in [-0.3, -0.25) is 4.90 Å². The lowest BCUT2D eigenvalue weighted by molar-refractivity contribution is 0.268. The van der Waals surface area contributed by atoms with Crippen LogP contribution in [0.1, 0.15) is 32.6 Å². The number of nitrogen functional groups attached to an aromatic ring is 1. The number of nitrogens with zero attached hydrogens (tertiary/aromatic N) is 2. The molecule has 0 amide bonds. The standard InChI is InChI=1S/C16H26N4O/c1-12(20-8-2-3-9-20)10-18-15-7-6-14(17)16(19-15)21-11-13-4-5-13/h6-7,12-13H,2-5,8-11,17H2,1H3,(H,18,19). The fourth-order valence-electron chi connectivity index (χ4n) is 2.71. The Balaban J connectivity index is 1.52. The van der Waals surface area contributed by atoms with Gasteiger partial charge in [-0.05, 0) is 63.7 Å². The number of hydrogen-bond acceptors (Lipinski definition) is 5. The summed E-state index contributed by atoms with van der Waals surface area (Å²) in [6.07, 6.45) is 5.18. The number of hydrogen-bond donors (Lipinski definition) is 2. The number of rotatable bonds is 7. The van der Waals surface area contributed by atoms with Crippen LogP contribution in [-0.2, 0) is 0 Å². The number of nitrogens with two attached hydrogens (primary N) is 1. The van der Waals surface area contributed by atoms with E-state index < -0.39 is 0 Å². The molecule has 1 saturated carbocycles. The summed E-state index contributed by atoms with van der Waals surface area (Å²) >= 11 is 0. The van der Waals surface area contributed by atoms with Crippen molar-refractivity contribution in [1.82, 2.24) is 9.88 Å². The topological polar surface area (TPSA) is 63.4 Å². The molecule has 1 aromatic rings. The molecule has 1 saturated heterocycles. The highest BCUT2D eigenvalue weighted by Gasteiger charge is 2.22. The third-order valence-electron chi connectivity index (χ3n) is 4.38. The van der Waals surface area contributed by atoms with Crippen molar-refractivity contribution in [3.63, 3.8) is 0 Å². The van der Waals surface area contributed by atoms with E-state index in [1.165, 1.54) is 38.8 Å². The van der Waals surface area contributed by atoms with Gasteiger partial charge < -0.3 is 15.8 Å². The lowest BCUT2D eigenvalue weighted by Gasteiger charge is -2.24. The summed E-state index contributed by atoms with van der Waals surface area (Å²) in [5.74, 6) is 2.12. The van der Waals surface area contributed by atoms with E-state index in [-0.39, 0.29) is 0 Å². The fraction of sp³-hybridized carbons (Fsp3) is 0.688. The first kappa shape index (κ1) is 14.4. The molecule has 1 aliphatic carbocycles. The Morgan fingerprint density at radius 2 is 2.14 bits per heavy atom. The smallest absolute Gasteiger partial charge is 0.239 e. The maximum atomic E-state index is 5.93. The van der Waals surface area contributed by atoms with Crippen molar-refractivity contribution >= 4 is 11.5 Å². The molecule has 1 aliphatic heterocycles. The van der Waals surface area contributed by atoms with E-state index in [1.807, 2.05) is 12.1 Å². The Morgan fingerprint density at radius 3 is 2.86 bits per heavy atom. The van der Waals surface area contributed by atoms with E-state index in [0.717, 1.165) is 19.0 Å². The first-order chi connectivity index (χ1) is 10.2.